The van der Waals surface area contributed by atoms with Crippen LogP contribution in [0.15, 0.2) is 82.3 Å². The summed E-state index contributed by atoms with van der Waals surface area (Å²) in [6, 6.07) is 9.13. The topological polar surface area (TPSA) is 253 Å². The summed E-state index contributed by atoms with van der Waals surface area (Å²) in [5.41, 5.74) is 3.01. The third kappa shape index (κ3) is 17.4. The molecule has 1 fully saturated rings. The summed E-state index contributed by atoms with van der Waals surface area (Å²) in [6.45, 7) is 12.4. The van der Waals surface area contributed by atoms with Crippen molar-refractivity contribution in [2.24, 2.45) is 0 Å². The highest BCUT2D eigenvalue weighted by Crippen LogP contribution is 2.51. The Bertz CT molecular complexity index is 2600. The fourth-order valence-electron chi connectivity index (χ4n) is 9.29. The first-order valence-electron chi connectivity index (χ1n) is 25.6. The van der Waals surface area contributed by atoms with Gasteiger partial charge < -0.3 is 47.6 Å². The SMILES string of the molecule is CCN1C(=CC=CC=CC2=[N+](CCCCCC(=O)ON3C(=O)CCC3=O)c3ccc(S(=O)(=O)O)cc3C2(C)CCOCCOCCOCCOC)C(C)(CCOCCOCCOCCOC)c2cc(S(=O)(=O)O)ccc21. The monoisotopic (exact) mass is 1110 g/mol. The lowest BCUT2D eigenvalue weighted by molar-refractivity contribution is -0.438. The van der Waals surface area contributed by atoms with Crippen LogP contribution in [0.5, 0.6) is 0 Å². The van der Waals surface area contributed by atoms with Gasteiger partial charge in [0.05, 0.1) is 94.5 Å². The molecule has 0 bridgehead atoms. The van der Waals surface area contributed by atoms with Crippen LogP contribution >= 0.6 is 0 Å². The van der Waals surface area contributed by atoms with Crippen LogP contribution in [0.2, 0.25) is 0 Å². The number of hydrogen-bond acceptors (Lipinski definition) is 17. The van der Waals surface area contributed by atoms with Crippen molar-refractivity contribution in [1.82, 2.24) is 5.06 Å². The molecule has 3 aliphatic rings. The van der Waals surface area contributed by atoms with Crippen molar-refractivity contribution < 1.29 is 87.6 Å². The summed E-state index contributed by atoms with van der Waals surface area (Å²) >= 11 is 0. The Morgan fingerprint density at radius 3 is 1.67 bits per heavy atom. The average Bonchev–Trinajstić information content (AvgIpc) is 3.94. The molecule has 3 aliphatic heterocycles. The van der Waals surface area contributed by atoms with E-state index < -0.39 is 48.8 Å². The molecule has 2 aromatic carbocycles. The highest BCUT2D eigenvalue weighted by atomic mass is 32.2. The van der Waals surface area contributed by atoms with E-state index in [0.717, 1.165) is 28.3 Å². The van der Waals surface area contributed by atoms with E-state index >= 15 is 0 Å². The summed E-state index contributed by atoms with van der Waals surface area (Å²) in [5.74, 6) is -1.79. The predicted molar refractivity (Wildman–Crippen MR) is 280 cm³/mol. The number of carbonyl (C=O) groups excluding carboxylic acids is 3. The number of hydrogen-bond donors (Lipinski definition) is 2. The number of methoxy groups -OCH3 is 2. The number of anilines is 1. The zero-order valence-corrected chi connectivity index (χ0v) is 46.0. The van der Waals surface area contributed by atoms with Gasteiger partial charge in [-0.2, -0.15) is 21.4 Å². The Kier molecular flexibility index (Phi) is 24.8. The molecule has 2 aromatic rings. The van der Waals surface area contributed by atoms with E-state index in [-0.39, 0.29) is 35.7 Å². The van der Waals surface area contributed by atoms with E-state index in [2.05, 4.69) is 9.48 Å². The van der Waals surface area contributed by atoms with Gasteiger partial charge in [-0.15, -0.1) is 5.06 Å². The zero-order valence-electron chi connectivity index (χ0n) is 44.4. The summed E-state index contributed by atoms with van der Waals surface area (Å²) in [4.78, 5) is 43.2. The number of carbonyl (C=O) groups is 3. The Hall–Kier alpha value is -4.76. The van der Waals surface area contributed by atoms with E-state index in [1.807, 2.05) is 51.2 Å². The molecule has 76 heavy (non-hydrogen) atoms. The van der Waals surface area contributed by atoms with Gasteiger partial charge in [0.15, 0.2) is 5.71 Å². The number of allylic oxidation sites excluding steroid dienone is 6. The van der Waals surface area contributed by atoms with Crippen LogP contribution < -0.4 is 4.90 Å². The van der Waals surface area contributed by atoms with Crippen LogP contribution in [0.1, 0.15) is 83.3 Å². The molecule has 21 nitrogen and oxygen atoms in total. The number of benzene rings is 2. The summed E-state index contributed by atoms with van der Waals surface area (Å²) in [5, 5.41) is 0.536. The van der Waals surface area contributed by atoms with Crippen molar-refractivity contribution in [2.75, 3.05) is 125 Å². The van der Waals surface area contributed by atoms with Crippen LogP contribution in [-0.4, -0.2) is 179 Å². The summed E-state index contributed by atoms with van der Waals surface area (Å²) < 4.78 is 117. The van der Waals surface area contributed by atoms with E-state index in [0.29, 0.717) is 142 Å². The first kappa shape index (κ1) is 62.1. The molecule has 5 rings (SSSR count). The molecule has 2 N–H and O–H groups in total. The Morgan fingerprint density at radius 2 is 1.14 bits per heavy atom. The average molecular weight is 1110 g/mol. The molecule has 422 valence electrons. The molecule has 0 radical (unpaired) electrons. The molecule has 23 heteroatoms. The standard InChI is InChI=1S/C53H75N3O18S2/c1-6-54-45-18-16-41(75(60,61)62)39-43(45)52(2,22-25-68-31-33-72-37-35-70-29-27-66-4)47(54)13-9-7-10-14-48-53(3,23-26-69-32-34-73-38-36-71-30-28-67-5)44-40-42(76(63,64)65)17-19-46(44)55(48)24-12-8-11-15-51(59)74-56-49(57)20-21-50(56)58/h7,9-10,13-14,16-19,39-40H,6,8,11-12,15,20-38H2,1-5H3,(H-,60,61,62,63,64,65)/p+1. The number of imide groups is 1. The van der Waals surface area contributed by atoms with Gasteiger partial charge in [0.25, 0.3) is 32.1 Å². The number of ether oxygens (including phenoxy) is 8. The number of nitrogens with zero attached hydrogens (tertiary/aromatic N) is 3. The number of rotatable bonds is 37. The Balaban J connectivity index is 1.40. The third-order valence-electron chi connectivity index (χ3n) is 13.4. The fourth-order valence-corrected chi connectivity index (χ4v) is 10.3. The lowest BCUT2D eigenvalue weighted by Gasteiger charge is -2.30. The van der Waals surface area contributed by atoms with Gasteiger partial charge in [0.1, 0.15) is 6.54 Å². The highest BCUT2D eigenvalue weighted by Gasteiger charge is 2.48. The molecule has 2 amide bonds. The van der Waals surface area contributed by atoms with Gasteiger partial charge in [-0.05, 0) is 88.4 Å². The minimum absolute atomic E-state index is 0.00288. The molecule has 2 atom stereocenters. The minimum atomic E-state index is -4.58. The van der Waals surface area contributed by atoms with Gasteiger partial charge in [0.2, 0.25) is 5.69 Å². The highest BCUT2D eigenvalue weighted by molar-refractivity contribution is 7.86. The second-order valence-electron chi connectivity index (χ2n) is 18.6. The maximum absolute atomic E-state index is 12.6. The minimum Gasteiger partial charge on any atom is -0.382 e. The number of fused-ring (bicyclic) bond motifs is 2. The van der Waals surface area contributed by atoms with E-state index in [1.54, 1.807) is 26.4 Å². The molecule has 0 aliphatic carbocycles. The fraction of sp³-hybridized carbons (Fsp3) is 0.585. The van der Waals surface area contributed by atoms with Crippen molar-refractivity contribution in [1.29, 1.82) is 0 Å². The molecule has 0 saturated carbocycles. The zero-order chi connectivity index (χ0) is 55.2. The quantitative estimate of drug-likeness (QED) is 0.0272. The molecule has 1 saturated heterocycles. The van der Waals surface area contributed by atoms with Gasteiger partial charge in [-0.1, -0.05) is 18.2 Å². The van der Waals surface area contributed by atoms with E-state index in [4.69, 9.17) is 42.7 Å². The Labute approximate surface area is 447 Å². The third-order valence-corrected chi connectivity index (χ3v) is 15.1. The van der Waals surface area contributed by atoms with Crippen molar-refractivity contribution in [3.63, 3.8) is 0 Å². The van der Waals surface area contributed by atoms with Gasteiger partial charge in [0, 0.05) is 94.2 Å². The first-order chi connectivity index (χ1) is 36.4. The van der Waals surface area contributed by atoms with Gasteiger partial charge in [-0.25, -0.2) is 4.79 Å². The second kappa shape index (κ2) is 30.4. The maximum Gasteiger partial charge on any atom is 0.333 e. The van der Waals surface area contributed by atoms with Crippen molar-refractivity contribution in [3.05, 3.63) is 83.6 Å². The number of amides is 2. The van der Waals surface area contributed by atoms with Crippen LogP contribution in [-0.2, 0) is 88.2 Å². The smallest absolute Gasteiger partial charge is 0.333 e. The number of likely N-dealkylation sites (N-methyl/N-ethyl adjacent to an activating group) is 1. The van der Waals surface area contributed by atoms with Crippen LogP contribution in [0.25, 0.3) is 0 Å². The molecule has 2 unspecified atom stereocenters. The number of unbranched alkanes of at least 4 members (excludes halogenated alkanes) is 2. The van der Waals surface area contributed by atoms with Crippen molar-refractivity contribution in [3.8, 4) is 0 Å². The Morgan fingerprint density at radius 1 is 0.645 bits per heavy atom. The van der Waals surface area contributed by atoms with Crippen LogP contribution in [0.3, 0.4) is 0 Å². The number of hydroxylamine groups is 2. The van der Waals surface area contributed by atoms with E-state index in [9.17, 15) is 40.3 Å². The summed E-state index contributed by atoms with van der Waals surface area (Å²) in [7, 11) is -5.89. The van der Waals surface area contributed by atoms with Crippen molar-refractivity contribution >= 4 is 55.1 Å². The molecule has 3 heterocycles. The van der Waals surface area contributed by atoms with Crippen LogP contribution in [0, 0.1) is 0 Å². The molecule has 0 spiro atoms. The lowest BCUT2D eigenvalue weighted by Crippen LogP contribution is -2.33. The molecule has 0 aromatic heterocycles. The molecular weight excluding hydrogens is 1030 g/mol. The van der Waals surface area contributed by atoms with Crippen molar-refractivity contribution in [2.45, 2.75) is 92.8 Å². The van der Waals surface area contributed by atoms with Crippen LogP contribution in [0.4, 0.5) is 11.4 Å². The normalized spacial score (nSPS) is 19.4. The predicted octanol–water partition coefficient (Wildman–Crippen LogP) is 5.67. The second-order valence-corrected chi connectivity index (χ2v) is 21.4. The van der Waals surface area contributed by atoms with Gasteiger partial charge >= 0.3 is 5.97 Å². The lowest BCUT2D eigenvalue weighted by atomic mass is 9.76. The summed E-state index contributed by atoms with van der Waals surface area (Å²) in [6.07, 6.45) is 12.0. The van der Waals surface area contributed by atoms with Gasteiger partial charge in [-0.3, -0.25) is 18.7 Å². The van der Waals surface area contributed by atoms with E-state index in [1.165, 1.54) is 24.3 Å². The molecular formula is C53H76N3O18S2+. The largest absolute Gasteiger partial charge is 0.382 e. The first-order valence-corrected chi connectivity index (χ1v) is 28.5. The maximum atomic E-state index is 12.6.